The molecule has 1 aromatic carbocycles. The van der Waals surface area contributed by atoms with Gasteiger partial charge in [-0.1, -0.05) is 44.9 Å². The van der Waals surface area contributed by atoms with Gasteiger partial charge in [0.1, 0.15) is 5.82 Å². The molecule has 1 aromatic rings. The number of nitrogens with two attached hydrogens (primary N) is 1. The summed E-state index contributed by atoms with van der Waals surface area (Å²) in [5.41, 5.74) is 6.74. The molecule has 1 aliphatic carbocycles. The van der Waals surface area contributed by atoms with Crippen LogP contribution in [0.1, 0.15) is 45.6 Å². The molecule has 0 aromatic heterocycles. The van der Waals surface area contributed by atoms with Gasteiger partial charge in [-0.25, -0.2) is 4.39 Å². The Labute approximate surface area is 120 Å². The van der Waals surface area contributed by atoms with Gasteiger partial charge in [-0.05, 0) is 42.7 Å². The number of halogens is 2. The lowest BCUT2D eigenvalue weighted by atomic mass is 9.62. The molecule has 2 N–H and O–H groups in total. The van der Waals surface area contributed by atoms with Crippen LogP contribution in [-0.4, -0.2) is 0 Å². The Morgan fingerprint density at radius 2 is 2.05 bits per heavy atom. The molecule has 0 bridgehead atoms. The molecule has 3 atom stereocenters. The van der Waals surface area contributed by atoms with E-state index in [1.165, 1.54) is 12.5 Å². The highest BCUT2D eigenvalue weighted by Crippen LogP contribution is 2.46. The molecular weight excluding hydrogens is 261 g/mol. The van der Waals surface area contributed by atoms with Crippen molar-refractivity contribution in [3.05, 3.63) is 34.6 Å². The molecule has 0 spiro atoms. The fourth-order valence-corrected chi connectivity index (χ4v) is 3.82. The Kier molecular flexibility index (Phi) is 4.22. The monoisotopic (exact) mass is 283 g/mol. The van der Waals surface area contributed by atoms with Crippen LogP contribution in [-0.2, 0) is 5.54 Å². The van der Waals surface area contributed by atoms with E-state index in [0.717, 1.165) is 12.8 Å². The standard InChI is InChI=1S/C16H23ClFN/c1-10(2)13-6-4-11(3)9-16(13,19)14-7-5-12(17)8-15(14)18/h5,7-8,10-11,13H,4,6,9,19H2,1-3H3. The van der Waals surface area contributed by atoms with Gasteiger partial charge in [0.25, 0.3) is 0 Å². The van der Waals surface area contributed by atoms with E-state index in [2.05, 4.69) is 20.8 Å². The summed E-state index contributed by atoms with van der Waals surface area (Å²) in [5.74, 6) is 1.04. The third-order valence-corrected chi connectivity index (χ3v) is 4.79. The van der Waals surface area contributed by atoms with E-state index >= 15 is 0 Å². The van der Waals surface area contributed by atoms with Gasteiger partial charge in [-0.2, -0.15) is 0 Å². The van der Waals surface area contributed by atoms with E-state index in [1.54, 1.807) is 12.1 Å². The van der Waals surface area contributed by atoms with Crippen molar-refractivity contribution >= 4 is 11.6 Å². The van der Waals surface area contributed by atoms with E-state index < -0.39 is 5.54 Å². The van der Waals surface area contributed by atoms with Gasteiger partial charge in [0.2, 0.25) is 0 Å². The number of rotatable bonds is 2. The second-order valence-corrected chi connectivity index (χ2v) is 6.84. The van der Waals surface area contributed by atoms with Crippen molar-refractivity contribution in [2.45, 2.75) is 45.6 Å². The van der Waals surface area contributed by atoms with Crippen molar-refractivity contribution in [3.63, 3.8) is 0 Å². The first-order valence-electron chi connectivity index (χ1n) is 7.09. The third-order valence-electron chi connectivity index (χ3n) is 4.56. The third kappa shape index (κ3) is 2.80. The molecule has 1 saturated carbocycles. The maximum Gasteiger partial charge on any atom is 0.129 e. The molecule has 0 radical (unpaired) electrons. The Morgan fingerprint density at radius 1 is 1.37 bits per heavy atom. The fraction of sp³-hybridized carbons (Fsp3) is 0.625. The maximum atomic E-state index is 14.3. The highest BCUT2D eigenvalue weighted by molar-refractivity contribution is 6.30. The van der Waals surface area contributed by atoms with Crippen LogP contribution < -0.4 is 5.73 Å². The zero-order chi connectivity index (χ0) is 14.2. The minimum atomic E-state index is -0.569. The van der Waals surface area contributed by atoms with Crippen LogP contribution in [0, 0.1) is 23.6 Å². The highest BCUT2D eigenvalue weighted by Gasteiger charge is 2.43. The van der Waals surface area contributed by atoms with E-state index in [0.29, 0.717) is 28.3 Å². The quantitative estimate of drug-likeness (QED) is 0.835. The van der Waals surface area contributed by atoms with Crippen molar-refractivity contribution in [1.82, 2.24) is 0 Å². The first-order valence-corrected chi connectivity index (χ1v) is 7.46. The van der Waals surface area contributed by atoms with Crippen LogP contribution in [0.2, 0.25) is 5.02 Å². The Bertz CT molecular complexity index is 460. The van der Waals surface area contributed by atoms with Gasteiger partial charge >= 0.3 is 0 Å². The predicted octanol–water partition coefficient (Wildman–Crippen LogP) is 4.73. The lowest BCUT2D eigenvalue weighted by Gasteiger charge is -2.46. The normalized spacial score (nSPS) is 31.7. The van der Waals surface area contributed by atoms with Crippen molar-refractivity contribution < 1.29 is 4.39 Å². The summed E-state index contributed by atoms with van der Waals surface area (Å²) in [6.45, 7) is 6.55. The molecule has 0 heterocycles. The van der Waals surface area contributed by atoms with Crippen molar-refractivity contribution in [1.29, 1.82) is 0 Å². The van der Waals surface area contributed by atoms with Crippen LogP contribution in [0.4, 0.5) is 4.39 Å². The van der Waals surface area contributed by atoms with Gasteiger partial charge in [-0.3, -0.25) is 0 Å². The smallest absolute Gasteiger partial charge is 0.129 e. The van der Waals surface area contributed by atoms with Crippen LogP contribution in [0.3, 0.4) is 0 Å². The molecule has 1 aliphatic rings. The topological polar surface area (TPSA) is 26.0 Å². The first kappa shape index (κ1) is 14.8. The second-order valence-electron chi connectivity index (χ2n) is 6.40. The van der Waals surface area contributed by atoms with Crippen LogP contribution in [0.5, 0.6) is 0 Å². The first-order chi connectivity index (χ1) is 8.84. The largest absolute Gasteiger partial charge is 0.321 e. The summed E-state index contributed by atoms with van der Waals surface area (Å²) in [6, 6.07) is 4.89. The number of benzene rings is 1. The Balaban J connectivity index is 2.46. The van der Waals surface area contributed by atoms with Crippen LogP contribution in [0.15, 0.2) is 18.2 Å². The Morgan fingerprint density at radius 3 is 2.63 bits per heavy atom. The Hall–Kier alpha value is -0.600. The molecule has 2 rings (SSSR count). The minimum Gasteiger partial charge on any atom is -0.321 e. The average Bonchev–Trinajstić information content (AvgIpc) is 2.27. The summed E-state index contributed by atoms with van der Waals surface area (Å²) in [7, 11) is 0. The lowest BCUT2D eigenvalue weighted by molar-refractivity contribution is 0.105. The minimum absolute atomic E-state index is 0.269. The van der Waals surface area contributed by atoms with Gasteiger partial charge in [0, 0.05) is 16.1 Å². The molecule has 0 amide bonds. The van der Waals surface area contributed by atoms with E-state index in [4.69, 9.17) is 17.3 Å². The zero-order valence-corrected chi connectivity index (χ0v) is 12.7. The second kappa shape index (κ2) is 5.41. The van der Waals surface area contributed by atoms with E-state index in [1.807, 2.05) is 0 Å². The summed E-state index contributed by atoms with van der Waals surface area (Å²) < 4.78 is 14.3. The van der Waals surface area contributed by atoms with Gasteiger partial charge in [-0.15, -0.1) is 0 Å². The fourth-order valence-electron chi connectivity index (χ4n) is 3.66. The predicted molar refractivity (Wildman–Crippen MR) is 78.6 cm³/mol. The van der Waals surface area contributed by atoms with Crippen molar-refractivity contribution in [2.75, 3.05) is 0 Å². The van der Waals surface area contributed by atoms with Crippen molar-refractivity contribution in [3.8, 4) is 0 Å². The summed E-state index contributed by atoms with van der Waals surface area (Å²) in [5, 5.41) is 0.426. The molecule has 106 valence electrons. The molecule has 3 unspecified atom stereocenters. The molecule has 0 saturated heterocycles. The van der Waals surface area contributed by atoms with E-state index in [-0.39, 0.29) is 5.82 Å². The number of hydrogen-bond acceptors (Lipinski definition) is 1. The molecule has 19 heavy (non-hydrogen) atoms. The van der Waals surface area contributed by atoms with Gasteiger partial charge in [0.05, 0.1) is 0 Å². The molecule has 1 fully saturated rings. The summed E-state index contributed by atoms with van der Waals surface area (Å²) in [6.07, 6.45) is 3.09. The van der Waals surface area contributed by atoms with Crippen LogP contribution >= 0.6 is 11.6 Å². The summed E-state index contributed by atoms with van der Waals surface area (Å²) in [4.78, 5) is 0. The maximum absolute atomic E-state index is 14.3. The zero-order valence-electron chi connectivity index (χ0n) is 11.9. The van der Waals surface area contributed by atoms with Gasteiger partial charge in [0.15, 0.2) is 0 Å². The van der Waals surface area contributed by atoms with Crippen molar-refractivity contribution in [2.24, 2.45) is 23.5 Å². The van der Waals surface area contributed by atoms with E-state index in [9.17, 15) is 4.39 Å². The molecule has 1 nitrogen and oxygen atoms in total. The molecular formula is C16H23ClFN. The average molecular weight is 284 g/mol. The highest BCUT2D eigenvalue weighted by atomic mass is 35.5. The molecule has 0 aliphatic heterocycles. The number of hydrogen-bond donors (Lipinski definition) is 1. The van der Waals surface area contributed by atoms with Gasteiger partial charge < -0.3 is 5.73 Å². The lowest BCUT2D eigenvalue weighted by Crippen LogP contribution is -2.50. The summed E-state index contributed by atoms with van der Waals surface area (Å²) >= 11 is 5.85. The SMILES string of the molecule is CC1CCC(C(C)C)C(N)(c2ccc(Cl)cc2F)C1. The molecule has 3 heteroatoms. The van der Waals surface area contributed by atoms with Crippen LogP contribution in [0.25, 0.3) is 0 Å².